The molecule has 1 radical (unpaired) electrons. The topological polar surface area (TPSA) is 17.1 Å². The minimum atomic E-state index is -0.214. The lowest BCUT2D eigenvalue weighted by Crippen LogP contribution is -2.30. The maximum atomic E-state index is 11.8. The first kappa shape index (κ1) is 11.9. The van der Waals surface area contributed by atoms with E-state index in [1.807, 2.05) is 24.3 Å². The Bertz CT molecular complexity index is 482. The van der Waals surface area contributed by atoms with Gasteiger partial charge in [0.15, 0.2) is 0 Å². The monoisotopic (exact) mass is 225 g/mol. The van der Waals surface area contributed by atoms with Crippen molar-refractivity contribution in [1.29, 1.82) is 0 Å². The molecule has 1 aromatic rings. The van der Waals surface area contributed by atoms with Gasteiger partial charge in [-0.2, -0.15) is 0 Å². The van der Waals surface area contributed by atoms with Crippen molar-refractivity contribution < 1.29 is 4.79 Å². The van der Waals surface area contributed by atoms with E-state index in [1.165, 1.54) is 0 Å². The summed E-state index contributed by atoms with van der Waals surface area (Å²) in [5, 5.41) is 0. The standard InChI is InChI=1S/C16H17O/c1-3-10-16(11-4-2)12-9-15(17)13-7-5-6-8-14(13)16/h5-8,10H,3-4,11H2,1-2H3. The number of fused-ring (bicyclic) bond motifs is 1. The van der Waals surface area contributed by atoms with Gasteiger partial charge in [-0.1, -0.05) is 56.9 Å². The van der Waals surface area contributed by atoms with Crippen molar-refractivity contribution in [2.45, 2.75) is 38.5 Å². The van der Waals surface area contributed by atoms with Gasteiger partial charge in [-0.25, -0.2) is 0 Å². The van der Waals surface area contributed by atoms with Crippen LogP contribution in [0.3, 0.4) is 0 Å². The quantitative estimate of drug-likeness (QED) is 0.566. The van der Waals surface area contributed by atoms with Gasteiger partial charge in [0.2, 0.25) is 5.78 Å². The molecule has 0 aromatic heterocycles. The lowest BCUT2D eigenvalue weighted by atomic mass is 9.70. The third-order valence-corrected chi connectivity index (χ3v) is 3.25. The molecule has 0 heterocycles. The number of carbonyl (C=O) groups excluding carboxylic acids is 1. The minimum Gasteiger partial charge on any atom is -0.279 e. The van der Waals surface area contributed by atoms with E-state index in [1.54, 1.807) is 0 Å². The van der Waals surface area contributed by atoms with E-state index in [0.29, 0.717) is 0 Å². The second-order valence-corrected chi connectivity index (χ2v) is 4.46. The highest BCUT2D eigenvalue weighted by Gasteiger charge is 2.34. The molecule has 1 atom stereocenters. The summed E-state index contributed by atoms with van der Waals surface area (Å²) in [5.41, 5.74) is 1.66. The maximum absolute atomic E-state index is 11.8. The lowest BCUT2D eigenvalue weighted by Gasteiger charge is -2.31. The first-order valence-electron chi connectivity index (χ1n) is 6.25. The summed E-state index contributed by atoms with van der Waals surface area (Å²) in [4.78, 5) is 11.8. The summed E-state index contributed by atoms with van der Waals surface area (Å²) in [7, 11) is 0. The molecule has 17 heavy (non-hydrogen) atoms. The smallest absolute Gasteiger partial charge is 0.236 e. The highest BCUT2D eigenvalue weighted by atomic mass is 16.1. The average molecular weight is 225 g/mol. The van der Waals surface area contributed by atoms with Crippen molar-refractivity contribution in [3.05, 3.63) is 41.8 Å². The summed E-state index contributed by atoms with van der Waals surface area (Å²) in [6, 6.07) is 7.84. The fraction of sp³-hybridized carbons (Fsp3) is 0.375. The van der Waals surface area contributed by atoms with Crippen molar-refractivity contribution in [2.24, 2.45) is 0 Å². The number of ketones is 1. The van der Waals surface area contributed by atoms with Gasteiger partial charge in [0, 0.05) is 5.56 Å². The van der Waals surface area contributed by atoms with E-state index in [0.717, 1.165) is 30.4 Å². The largest absolute Gasteiger partial charge is 0.279 e. The third-order valence-electron chi connectivity index (χ3n) is 3.25. The average Bonchev–Trinajstić information content (AvgIpc) is 2.35. The summed E-state index contributed by atoms with van der Waals surface area (Å²) >= 11 is 0. The van der Waals surface area contributed by atoms with Crippen molar-refractivity contribution in [3.8, 4) is 11.8 Å². The minimum absolute atomic E-state index is 0.0446. The number of hydrogen-bond acceptors (Lipinski definition) is 1. The molecule has 0 aliphatic heterocycles. The van der Waals surface area contributed by atoms with Crippen molar-refractivity contribution in [3.63, 3.8) is 0 Å². The van der Waals surface area contributed by atoms with Crippen LogP contribution in [-0.2, 0) is 5.41 Å². The van der Waals surface area contributed by atoms with Crippen LogP contribution in [-0.4, -0.2) is 5.78 Å². The number of rotatable bonds is 4. The summed E-state index contributed by atoms with van der Waals surface area (Å²) in [6.07, 6.45) is 5.26. The Morgan fingerprint density at radius 3 is 2.76 bits per heavy atom. The molecule has 2 rings (SSSR count). The molecular formula is C16H17O. The molecule has 87 valence electrons. The van der Waals surface area contributed by atoms with Gasteiger partial charge < -0.3 is 0 Å². The fourth-order valence-electron chi connectivity index (χ4n) is 2.58. The maximum Gasteiger partial charge on any atom is 0.236 e. The Morgan fingerprint density at radius 2 is 2.06 bits per heavy atom. The normalized spacial score (nSPS) is 16.0. The van der Waals surface area contributed by atoms with Crippen LogP contribution in [0.5, 0.6) is 0 Å². The van der Waals surface area contributed by atoms with Gasteiger partial charge in [0.1, 0.15) is 0 Å². The zero-order chi connectivity index (χ0) is 12.3. The first-order valence-corrected chi connectivity index (χ1v) is 6.25. The molecule has 1 unspecified atom stereocenters. The van der Waals surface area contributed by atoms with Crippen LogP contribution in [0.1, 0.15) is 49.0 Å². The number of benzene rings is 1. The van der Waals surface area contributed by atoms with Crippen LogP contribution in [0.15, 0.2) is 24.3 Å². The Hall–Kier alpha value is -1.55. The van der Waals surface area contributed by atoms with Crippen LogP contribution in [0.4, 0.5) is 0 Å². The Labute approximate surface area is 103 Å². The SMILES string of the molecule is CC[CH]C1(CCC)C#CC(=O)c2ccccc21. The van der Waals surface area contributed by atoms with Gasteiger partial charge in [-0.05, 0) is 24.3 Å². The third kappa shape index (κ3) is 2.00. The molecule has 0 amide bonds. The molecule has 1 aromatic carbocycles. The van der Waals surface area contributed by atoms with Crippen LogP contribution >= 0.6 is 0 Å². The molecule has 0 N–H and O–H groups in total. The van der Waals surface area contributed by atoms with Gasteiger partial charge in [0.25, 0.3) is 0 Å². The van der Waals surface area contributed by atoms with Crippen LogP contribution in [0.25, 0.3) is 0 Å². The van der Waals surface area contributed by atoms with E-state index in [4.69, 9.17) is 0 Å². The molecule has 0 fully saturated rings. The molecule has 1 nitrogen and oxygen atoms in total. The Kier molecular flexibility index (Phi) is 3.33. The lowest BCUT2D eigenvalue weighted by molar-refractivity contribution is 0.105. The first-order chi connectivity index (χ1) is 8.23. The molecular weight excluding hydrogens is 208 g/mol. The van der Waals surface area contributed by atoms with Crippen molar-refractivity contribution in [1.82, 2.24) is 0 Å². The van der Waals surface area contributed by atoms with E-state index >= 15 is 0 Å². The predicted octanol–water partition coefficient (Wildman–Crippen LogP) is 3.54. The highest BCUT2D eigenvalue weighted by molar-refractivity contribution is 6.11. The van der Waals surface area contributed by atoms with Gasteiger partial charge in [-0.3, -0.25) is 4.79 Å². The predicted molar refractivity (Wildman–Crippen MR) is 69.7 cm³/mol. The molecule has 0 saturated carbocycles. The summed E-state index contributed by atoms with van der Waals surface area (Å²) in [5.74, 6) is 5.92. The number of Topliss-reactive ketones (excluding diaryl/α,β-unsaturated/α-hetero) is 1. The van der Waals surface area contributed by atoms with Crippen LogP contribution in [0, 0.1) is 18.3 Å². The molecule has 1 aliphatic carbocycles. The zero-order valence-corrected chi connectivity index (χ0v) is 10.4. The zero-order valence-electron chi connectivity index (χ0n) is 10.4. The second-order valence-electron chi connectivity index (χ2n) is 4.46. The fourth-order valence-corrected chi connectivity index (χ4v) is 2.58. The van der Waals surface area contributed by atoms with Crippen molar-refractivity contribution >= 4 is 5.78 Å². The molecule has 1 heteroatoms. The Balaban J connectivity index is 2.56. The number of carbonyl (C=O) groups is 1. The van der Waals surface area contributed by atoms with Crippen molar-refractivity contribution in [2.75, 3.05) is 0 Å². The second kappa shape index (κ2) is 4.75. The van der Waals surface area contributed by atoms with Gasteiger partial charge >= 0.3 is 0 Å². The summed E-state index contributed by atoms with van der Waals surface area (Å²) in [6.45, 7) is 4.28. The van der Waals surface area contributed by atoms with E-state index in [9.17, 15) is 4.79 Å². The van der Waals surface area contributed by atoms with E-state index < -0.39 is 0 Å². The van der Waals surface area contributed by atoms with E-state index in [2.05, 4.69) is 32.1 Å². The highest BCUT2D eigenvalue weighted by Crippen LogP contribution is 2.37. The molecule has 0 bridgehead atoms. The molecule has 0 saturated heterocycles. The number of hydrogen-bond donors (Lipinski definition) is 0. The van der Waals surface area contributed by atoms with Crippen LogP contribution < -0.4 is 0 Å². The van der Waals surface area contributed by atoms with Crippen LogP contribution in [0.2, 0.25) is 0 Å². The van der Waals surface area contributed by atoms with Gasteiger partial charge in [-0.15, -0.1) is 0 Å². The van der Waals surface area contributed by atoms with E-state index in [-0.39, 0.29) is 11.2 Å². The molecule has 1 aliphatic rings. The molecule has 0 spiro atoms. The Morgan fingerprint density at radius 1 is 1.29 bits per heavy atom. The van der Waals surface area contributed by atoms with Gasteiger partial charge in [0.05, 0.1) is 5.41 Å². The summed E-state index contributed by atoms with van der Waals surface area (Å²) < 4.78 is 0.